The highest BCUT2D eigenvalue weighted by Crippen LogP contribution is 2.24. The molecule has 0 radical (unpaired) electrons. The lowest BCUT2D eigenvalue weighted by molar-refractivity contribution is 0.165. The number of ether oxygens (including phenoxy) is 1. The van der Waals surface area contributed by atoms with Crippen LogP contribution in [0.2, 0.25) is 0 Å². The predicted molar refractivity (Wildman–Crippen MR) is 48.0 cm³/mol. The van der Waals surface area contributed by atoms with Crippen molar-refractivity contribution in [3.8, 4) is 6.07 Å². The van der Waals surface area contributed by atoms with Gasteiger partial charge in [0.25, 0.3) is 0 Å². The molecular formula is C9H16N2O2. The molecule has 0 amide bonds. The van der Waals surface area contributed by atoms with Crippen molar-refractivity contribution in [2.75, 3.05) is 26.4 Å². The first-order valence-electron chi connectivity index (χ1n) is 4.58. The van der Waals surface area contributed by atoms with Crippen molar-refractivity contribution in [3.05, 3.63) is 0 Å². The summed E-state index contributed by atoms with van der Waals surface area (Å²) >= 11 is 0. The summed E-state index contributed by atoms with van der Waals surface area (Å²) in [6, 6.07) is 2.25. The zero-order valence-electron chi connectivity index (χ0n) is 7.92. The van der Waals surface area contributed by atoms with Gasteiger partial charge in [0.05, 0.1) is 19.3 Å². The van der Waals surface area contributed by atoms with E-state index in [1.807, 2.05) is 6.92 Å². The maximum absolute atomic E-state index is 9.02. The summed E-state index contributed by atoms with van der Waals surface area (Å²) in [5, 5.41) is 20.7. The lowest BCUT2D eigenvalue weighted by atomic mass is 9.86. The Hall–Kier alpha value is -0.630. The van der Waals surface area contributed by atoms with Gasteiger partial charge in [0, 0.05) is 19.1 Å². The first-order chi connectivity index (χ1) is 6.23. The fraction of sp³-hybridized carbons (Fsp3) is 0.889. The van der Waals surface area contributed by atoms with Gasteiger partial charge in [-0.1, -0.05) is 0 Å². The summed E-state index contributed by atoms with van der Waals surface area (Å²) in [7, 11) is 0. The smallest absolute Gasteiger partial charge is 0.109 e. The van der Waals surface area contributed by atoms with Crippen LogP contribution in [0.1, 0.15) is 13.3 Å². The van der Waals surface area contributed by atoms with Gasteiger partial charge >= 0.3 is 0 Å². The van der Waals surface area contributed by atoms with Gasteiger partial charge in [-0.25, -0.2) is 0 Å². The fourth-order valence-electron chi connectivity index (χ4n) is 1.58. The molecule has 2 N–H and O–H groups in total. The van der Waals surface area contributed by atoms with E-state index < -0.39 is 5.54 Å². The molecule has 1 fully saturated rings. The van der Waals surface area contributed by atoms with E-state index >= 15 is 0 Å². The second-order valence-electron chi connectivity index (χ2n) is 3.53. The molecule has 0 aromatic rings. The van der Waals surface area contributed by atoms with Crippen LogP contribution < -0.4 is 5.32 Å². The number of β-amino-alcohol motifs (C(OH)–C–C–N with tert-alkyl or cyclic N) is 1. The van der Waals surface area contributed by atoms with Crippen molar-refractivity contribution in [1.29, 1.82) is 5.26 Å². The molecule has 1 heterocycles. The molecule has 0 aromatic heterocycles. The fourth-order valence-corrected chi connectivity index (χ4v) is 1.58. The number of nitriles is 1. The van der Waals surface area contributed by atoms with E-state index in [4.69, 9.17) is 15.1 Å². The van der Waals surface area contributed by atoms with Gasteiger partial charge in [-0.15, -0.1) is 0 Å². The molecule has 2 atom stereocenters. The molecule has 0 bridgehead atoms. The summed E-state index contributed by atoms with van der Waals surface area (Å²) in [4.78, 5) is 0. The quantitative estimate of drug-likeness (QED) is 0.639. The van der Waals surface area contributed by atoms with Crippen molar-refractivity contribution in [1.82, 2.24) is 5.32 Å². The molecule has 4 heteroatoms. The third-order valence-electron chi connectivity index (χ3n) is 2.58. The molecule has 74 valence electrons. The van der Waals surface area contributed by atoms with Gasteiger partial charge in [-0.3, -0.25) is 5.32 Å². The first-order valence-corrected chi connectivity index (χ1v) is 4.58. The second kappa shape index (κ2) is 4.56. The summed E-state index contributed by atoms with van der Waals surface area (Å²) in [5.74, 6) is 0.240. The summed E-state index contributed by atoms with van der Waals surface area (Å²) in [6.45, 7) is 3.76. The van der Waals surface area contributed by atoms with Crippen LogP contribution >= 0.6 is 0 Å². The number of hydrogen-bond acceptors (Lipinski definition) is 4. The van der Waals surface area contributed by atoms with Gasteiger partial charge in [0.15, 0.2) is 0 Å². The van der Waals surface area contributed by atoms with E-state index in [0.29, 0.717) is 13.2 Å². The average molecular weight is 184 g/mol. The van der Waals surface area contributed by atoms with Crippen LogP contribution in [-0.4, -0.2) is 37.0 Å². The van der Waals surface area contributed by atoms with Crippen molar-refractivity contribution < 1.29 is 9.84 Å². The highest BCUT2D eigenvalue weighted by molar-refractivity contribution is 5.08. The van der Waals surface area contributed by atoms with E-state index in [0.717, 1.165) is 13.0 Å². The molecule has 0 saturated carbocycles. The normalized spacial score (nSPS) is 26.7. The Morgan fingerprint density at radius 2 is 2.54 bits per heavy atom. The lowest BCUT2D eigenvalue weighted by Crippen LogP contribution is -2.49. The number of aliphatic hydroxyl groups excluding tert-OH is 1. The average Bonchev–Trinajstić information content (AvgIpc) is 2.67. The Balaban J connectivity index is 2.52. The minimum absolute atomic E-state index is 0.0604. The maximum atomic E-state index is 9.02. The van der Waals surface area contributed by atoms with Crippen LogP contribution in [0.15, 0.2) is 0 Å². The van der Waals surface area contributed by atoms with E-state index in [1.54, 1.807) is 0 Å². The lowest BCUT2D eigenvalue weighted by Gasteiger charge is -2.28. The van der Waals surface area contributed by atoms with Gasteiger partial charge in [-0.05, 0) is 13.3 Å². The second-order valence-corrected chi connectivity index (χ2v) is 3.53. The Morgan fingerprint density at radius 1 is 1.77 bits per heavy atom. The maximum Gasteiger partial charge on any atom is 0.109 e. The Labute approximate surface area is 78.5 Å². The van der Waals surface area contributed by atoms with E-state index in [9.17, 15) is 0 Å². The SMILES string of the molecule is CC(C#N)(NCCO)C1CCOC1. The number of nitrogens with zero attached hydrogens (tertiary/aromatic N) is 1. The molecule has 1 rings (SSSR count). The standard InChI is InChI=1S/C9H16N2O2/c1-9(7-10,11-3-4-12)8-2-5-13-6-8/h8,11-12H,2-6H2,1H3. The zero-order chi connectivity index (χ0) is 9.73. The minimum Gasteiger partial charge on any atom is -0.395 e. The van der Waals surface area contributed by atoms with E-state index in [1.165, 1.54) is 0 Å². The van der Waals surface area contributed by atoms with Crippen LogP contribution in [-0.2, 0) is 4.74 Å². The van der Waals surface area contributed by atoms with Crippen LogP contribution in [0.4, 0.5) is 0 Å². The van der Waals surface area contributed by atoms with Crippen molar-refractivity contribution in [2.45, 2.75) is 18.9 Å². The Bertz CT molecular complexity index is 196. The molecule has 0 aromatic carbocycles. The van der Waals surface area contributed by atoms with Crippen LogP contribution in [0, 0.1) is 17.2 Å². The first kappa shape index (κ1) is 10.5. The molecule has 2 unspecified atom stereocenters. The topological polar surface area (TPSA) is 65.3 Å². The number of hydrogen-bond donors (Lipinski definition) is 2. The zero-order valence-corrected chi connectivity index (χ0v) is 7.92. The van der Waals surface area contributed by atoms with Gasteiger partial charge < -0.3 is 9.84 Å². The molecule has 13 heavy (non-hydrogen) atoms. The minimum atomic E-state index is -0.556. The largest absolute Gasteiger partial charge is 0.395 e. The summed E-state index contributed by atoms with van der Waals surface area (Å²) < 4.78 is 5.23. The molecular weight excluding hydrogens is 168 g/mol. The van der Waals surface area contributed by atoms with E-state index in [2.05, 4.69) is 11.4 Å². The van der Waals surface area contributed by atoms with Gasteiger partial charge in [-0.2, -0.15) is 5.26 Å². The van der Waals surface area contributed by atoms with Crippen LogP contribution in [0.25, 0.3) is 0 Å². The van der Waals surface area contributed by atoms with Gasteiger partial charge in [0.2, 0.25) is 0 Å². The monoisotopic (exact) mass is 184 g/mol. The highest BCUT2D eigenvalue weighted by atomic mass is 16.5. The Morgan fingerprint density at radius 3 is 3.00 bits per heavy atom. The number of aliphatic hydroxyl groups is 1. The predicted octanol–water partition coefficient (Wildman–Crippen LogP) is -0.113. The molecule has 0 spiro atoms. The molecule has 0 aliphatic carbocycles. The molecule has 1 aliphatic rings. The Kier molecular flexibility index (Phi) is 3.67. The number of rotatable bonds is 4. The third kappa shape index (κ3) is 2.41. The van der Waals surface area contributed by atoms with Crippen molar-refractivity contribution in [3.63, 3.8) is 0 Å². The van der Waals surface area contributed by atoms with Crippen molar-refractivity contribution >= 4 is 0 Å². The molecule has 4 nitrogen and oxygen atoms in total. The van der Waals surface area contributed by atoms with Gasteiger partial charge in [0.1, 0.15) is 5.54 Å². The highest BCUT2D eigenvalue weighted by Gasteiger charge is 2.36. The summed E-state index contributed by atoms with van der Waals surface area (Å²) in [5.41, 5.74) is -0.556. The van der Waals surface area contributed by atoms with Crippen molar-refractivity contribution in [2.24, 2.45) is 5.92 Å². The molecule has 1 saturated heterocycles. The van der Waals surface area contributed by atoms with Crippen LogP contribution in [0.3, 0.4) is 0 Å². The van der Waals surface area contributed by atoms with Crippen LogP contribution in [0.5, 0.6) is 0 Å². The van der Waals surface area contributed by atoms with E-state index in [-0.39, 0.29) is 12.5 Å². The number of nitrogens with one attached hydrogen (secondary N) is 1. The third-order valence-corrected chi connectivity index (χ3v) is 2.58. The summed E-state index contributed by atoms with van der Waals surface area (Å²) in [6.07, 6.45) is 0.919. The molecule has 1 aliphatic heterocycles.